The number of hydrogen-bond acceptors (Lipinski definition) is 7. The number of aryl methyl sites for hydroxylation is 2. The number of fused-ring (bicyclic) bond motifs is 1. The first-order valence-electron chi connectivity index (χ1n) is 16.4. The van der Waals surface area contributed by atoms with Crippen molar-refractivity contribution in [2.75, 3.05) is 57.0 Å². The molecule has 6 rings (SSSR count). The van der Waals surface area contributed by atoms with Crippen LogP contribution in [0.1, 0.15) is 56.2 Å². The van der Waals surface area contributed by atoms with E-state index >= 15 is 0 Å². The summed E-state index contributed by atoms with van der Waals surface area (Å²) in [5, 5.41) is 4.89. The maximum Gasteiger partial charge on any atom is 0.260 e. The average Bonchev–Trinajstić information content (AvgIpc) is 3.02. The van der Waals surface area contributed by atoms with Crippen molar-refractivity contribution in [3.05, 3.63) is 75.2 Å². The molecule has 2 saturated heterocycles. The number of nitrogens with one attached hydrogen (secondary N) is 1. The first-order valence-corrected chi connectivity index (χ1v) is 16.8. The molecule has 2 aliphatic heterocycles. The Balaban J connectivity index is 1.37. The summed E-state index contributed by atoms with van der Waals surface area (Å²) in [5.74, 6) is 0.487. The van der Waals surface area contributed by atoms with Crippen molar-refractivity contribution in [3.63, 3.8) is 0 Å². The van der Waals surface area contributed by atoms with E-state index in [2.05, 4.69) is 66.2 Å². The Labute approximate surface area is 272 Å². The molecule has 45 heavy (non-hydrogen) atoms. The van der Waals surface area contributed by atoms with E-state index in [-0.39, 0.29) is 11.6 Å². The molecule has 2 fully saturated rings. The van der Waals surface area contributed by atoms with Crippen LogP contribution in [0.4, 0.5) is 17.3 Å². The Morgan fingerprint density at radius 2 is 1.82 bits per heavy atom. The number of aromatic nitrogens is 3. The van der Waals surface area contributed by atoms with E-state index < -0.39 is 0 Å². The summed E-state index contributed by atoms with van der Waals surface area (Å²) in [6, 6.07) is 14.7. The van der Waals surface area contributed by atoms with Gasteiger partial charge in [0.1, 0.15) is 5.65 Å². The van der Waals surface area contributed by atoms with E-state index in [4.69, 9.17) is 21.6 Å². The highest BCUT2D eigenvalue weighted by Crippen LogP contribution is 2.34. The summed E-state index contributed by atoms with van der Waals surface area (Å²) in [6.45, 7) is 11.4. The van der Waals surface area contributed by atoms with Crippen LogP contribution >= 0.6 is 11.6 Å². The fraction of sp³-hybridized carbons (Fsp3) is 0.472. The van der Waals surface area contributed by atoms with Gasteiger partial charge in [0.25, 0.3) is 5.56 Å². The van der Waals surface area contributed by atoms with Crippen LogP contribution in [-0.2, 0) is 0 Å². The normalized spacial score (nSPS) is 18.2. The summed E-state index contributed by atoms with van der Waals surface area (Å²) < 4.78 is 1.93. The molecule has 8 nitrogen and oxygen atoms in total. The van der Waals surface area contributed by atoms with Crippen LogP contribution in [-0.4, -0.2) is 77.2 Å². The standard InChI is InChI=1S/C36H46ClN7O/c1-6-17-42-18-9-10-28(23-42)44-34-30(25(3)33(35(44)45)29-11-7-8-12-31(29)37)22-38-36(40-34)39-26-13-14-32(24(2)21-26)43-19-15-27(16-20-43)41(4)5/h7-8,11-14,21-22,27-28H,6,9-10,15-20,23H2,1-5H3,(H,38,39,40)/t28-/m0/s1. The number of hydrogen-bond donors (Lipinski definition) is 1. The van der Waals surface area contributed by atoms with Gasteiger partial charge in [0.2, 0.25) is 5.95 Å². The van der Waals surface area contributed by atoms with Crippen LogP contribution in [0.25, 0.3) is 22.2 Å². The van der Waals surface area contributed by atoms with Crippen LogP contribution in [0, 0.1) is 13.8 Å². The Morgan fingerprint density at radius 3 is 2.53 bits per heavy atom. The van der Waals surface area contributed by atoms with Crippen LogP contribution in [0.5, 0.6) is 0 Å². The number of rotatable bonds is 8. The van der Waals surface area contributed by atoms with Gasteiger partial charge in [-0.15, -0.1) is 0 Å². The van der Waals surface area contributed by atoms with Gasteiger partial charge in [0.15, 0.2) is 0 Å². The van der Waals surface area contributed by atoms with Crippen LogP contribution in [0.15, 0.2) is 53.5 Å². The topological polar surface area (TPSA) is 69.5 Å². The molecular weight excluding hydrogens is 582 g/mol. The van der Waals surface area contributed by atoms with E-state index in [0.717, 1.165) is 74.2 Å². The maximum atomic E-state index is 14.5. The number of likely N-dealkylation sites (tertiary alicyclic amines) is 1. The third-order valence-electron chi connectivity index (χ3n) is 9.73. The summed E-state index contributed by atoms with van der Waals surface area (Å²) in [7, 11) is 4.35. The van der Waals surface area contributed by atoms with Gasteiger partial charge in [0.05, 0.1) is 11.6 Å². The number of anilines is 3. The second-order valence-electron chi connectivity index (χ2n) is 13.0. The Bertz CT molecular complexity index is 1730. The monoisotopic (exact) mass is 627 g/mol. The first kappa shape index (κ1) is 31.5. The Kier molecular flexibility index (Phi) is 9.45. The molecule has 0 radical (unpaired) electrons. The van der Waals surface area contributed by atoms with Gasteiger partial charge in [0, 0.05) is 59.2 Å². The van der Waals surface area contributed by atoms with Crippen molar-refractivity contribution >= 4 is 40.0 Å². The molecule has 0 amide bonds. The molecule has 238 valence electrons. The van der Waals surface area contributed by atoms with Crippen molar-refractivity contribution in [1.29, 1.82) is 0 Å². The number of pyridine rings is 1. The molecule has 0 spiro atoms. The lowest BCUT2D eigenvalue weighted by Crippen LogP contribution is -2.42. The molecule has 1 N–H and O–H groups in total. The molecule has 0 saturated carbocycles. The smallest absolute Gasteiger partial charge is 0.260 e. The lowest BCUT2D eigenvalue weighted by Gasteiger charge is -2.37. The average molecular weight is 628 g/mol. The summed E-state index contributed by atoms with van der Waals surface area (Å²) in [6.07, 6.45) is 7.27. The van der Waals surface area contributed by atoms with Gasteiger partial charge in [-0.05, 0) is 109 Å². The van der Waals surface area contributed by atoms with Gasteiger partial charge in [-0.3, -0.25) is 9.36 Å². The fourth-order valence-corrected chi connectivity index (χ4v) is 7.54. The second-order valence-corrected chi connectivity index (χ2v) is 13.4. The summed E-state index contributed by atoms with van der Waals surface area (Å²) in [4.78, 5) is 31.6. The largest absolute Gasteiger partial charge is 0.371 e. The number of halogens is 1. The molecule has 9 heteroatoms. The third kappa shape index (κ3) is 6.46. The van der Waals surface area contributed by atoms with Gasteiger partial charge in [-0.2, -0.15) is 4.98 Å². The molecule has 4 aromatic rings. The number of benzene rings is 2. The van der Waals surface area contributed by atoms with Gasteiger partial charge >= 0.3 is 0 Å². The van der Waals surface area contributed by atoms with Gasteiger partial charge in [-0.1, -0.05) is 36.7 Å². The SMILES string of the molecule is CCCN1CCC[C@H](n2c(=O)c(-c3ccccc3Cl)c(C)c3cnc(Nc4ccc(N5CCC(N(C)C)CC5)c(C)c4)nc32)C1. The predicted molar refractivity (Wildman–Crippen MR) is 187 cm³/mol. The highest BCUT2D eigenvalue weighted by atomic mass is 35.5. The van der Waals surface area contributed by atoms with Crippen molar-refractivity contribution in [1.82, 2.24) is 24.3 Å². The van der Waals surface area contributed by atoms with E-state index in [1.54, 1.807) is 0 Å². The highest BCUT2D eigenvalue weighted by molar-refractivity contribution is 6.33. The van der Waals surface area contributed by atoms with Crippen LogP contribution in [0.2, 0.25) is 5.02 Å². The maximum absolute atomic E-state index is 14.5. The van der Waals surface area contributed by atoms with Crippen LogP contribution < -0.4 is 15.8 Å². The molecular formula is C36H46ClN7O. The Hall–Kier alpha value is -3.46. The molecule has 4 heterocycles. The predicted octanol–water partition coefficient (Wildman–Crippen LogP) is 7.05. The zero-order valence-electron chi connectivity index (χ0n) is 27.3. The minimum absolute atomic E-state index is 0.0167. The van der Waals surface area contributed by atoms with E-state index in [0.29, 0.717) is 28.2 Å². The molecule has 0 unspecified atom stereocenters. The molecule has 0 aliphatic carbocycles. The van der Waals surface area contributed by atoms with Gasteiger partial charge in [-0.25, -0.2) is 4.98 Å². The summed E-state index contributed by atoms with van der Waals surface area (Å²) >= 11 is 6.66. The lowest BCUT2D eigenvalue weighted by atomic mass is 9.98. The zero-order chi connectivity index (χ0) is 31.7. The van der Waals surface area contributed by atoms with E-state index in [9.17, 15) is 4.79 Å². The number of piperidine rings is 2. The molecule has 1 atom stereocenters. The van der Waals surface area contributed by atoms with Crippen molar-refractivity contribution in [2.45, 2.75) is 65.0 Å². The zero-order valence-corrected chi connectivity index (χ0v) is 28.1. The molecule has 2 aliphatic rings. The molecule has 2 aromatic heterocycles. The quantitative estimate of drug-likeness (QED) is 0.224. The van der Waals surface area contributed by atoms with Crippen molar-refractivity contribution < 1.29 is 0 Å². The van der Waals surface area contributed by atoms with Crippen LogP contribution in [0.3, 0.4) is 0 Å². The fourth-order valence-electron chi connectivity index (χ4n) is 7.31. The minimum Gasteiger partial charge on any atom is -0.371 e. The second kappa shape index (κ2) is 13.5. The summed E-state index contributed by atoms with van der Waals surface area (Å²) in [5.41, 5.74) is 6.30. The van der Waals surface area contributed by atoms with Crippen molar-refractivity contribution in [3.8, 4) is 11.1 Å². The van der Waals surface area contributed by atoms with E-state index in [1.165, 1.54) is 24.1 Å². The van der Waals surface area contributed by atoms with Crippen molar-refractivity contribution in [2.24, 2.45) is 0 Å². The number of nitrogens with zero attached hydrogens (tertiary/aromatic N) is 6. The highest BCUT2D eigenvalue weighted by Gasteiger charge is 2.27. The Morgan fingerprint density at radius 1 is 1.04 bits per heavy atom. The lowest BCUT2D eigenvalue weighted by molar-refractivity contribution is 0.178. The molecule has 2 aromatic carbocycles. The third-order valence-corrected chi connectivity index (χ3v) is 10.1. The molecule has 0 bridgehead atoms. The minimum atomic E-state index is -0.0423. The first-order chi connectivity index (χ1) is 21.7. The van der Waals surface area contributed by atoms with E-state index in [1.807, 2.05) is 42.0 Å². The van der Waals surface area contributed by atoms with Gasteiger partial charge < -0.3 is 20.0 Å².